The average molecular weight is 304 g/mol. The highest BCUT2D eigenvalue weighted by Crippen LogP contribution is 2.29. The van der Waals surface area contributed by atoms with Crippen LogP contribution in [0.2, 0.25) is 0 Å². The van der Waals surface area contributed by atoms with Crippen LogP contribution in [0.1, 0.15) is 0 Å². The van der Waals surface area contributed by atoms with E-state index in [0.717, 1.165) is 22.2 Å². The van der Waals surface area contributed by atoms with Gasteiger partial charge in [-0.25, -0.2) is 9.37 Å². The van der Waals surface area contributed by atoms with Gasteiger partial charge in [0, 0.05) is 11.6 Å². The molecule has 0 aliphatic rings. The van der Waals surface area contributed by atoms with Crippen molar-refractivity contribution in [2.45, 2.75) is 0 Å². The van der Waals surface area contributed by atoms with E-state index in [1.807, 2.05) is 36.4 Å². The Morgan fingerprint density at radius 1 is 0.826 bits per heavy atom. The van der Waals surface area contributed by atoms with E-state index in [-0.39, 0.29) is 11.6 Å². The number of nitrogens with one attached hydrogen (secondary N) is 1. The molecule has 2 N–H and O–H groups in total. The minimum absolute atomic E-state index is 0.236. The monoisotopic (exact) mass is 304 g/mol. The molecule has 0 bridgehead atoms. The molecule has 4 heteroatoms. The maximum Gasteiger partial charge on any atom is 0.133 e. The van der Waals surface area contributed by atoms with Crippen LogP contribution in [-0.2, 0) is 0 Å². The summed E-state index contributed by atoms with van der Waals surface area (Å²) in [5, 5.41) is 9.35. The lowest BCUT2D eigenvalue weighted by atomic mass is 9.99. The molecule has 3 nitrogen and oxygen atoms in total. The number of aromatic nitrogens is 2. The predicted molar refractivity (Wildman–Crippen MR) is 88.6 cm³/mol. The van der Waals surface area contributed by atoms with Gasteiger partial charge < -0.3 is 10.1 Å². The number of rotatable bonds is 2. The van der Waals surface area contributed by atoms with Crippen molar-refractivity contribution in [2.24, 2.45) is 0 Å². The number of H-pyrrole nitrogens is 1. The van der Waals surface area contributed by atoms with Crippen molar-refractivity contribution in [2.75, 3.05) is 0 Å². The van der Waals surface area contributed by atoms with E-state index in [1.54, 1.807) is 24.5 Å². The predicted octanol–water partition coefficient (Wildman–Crippen LogP) is 4.74. The number of aromatic amines is 1. The fourth-order valence-corrected chi connectivity index (χ4v) is 2.67. The number of phenols is 1. The Morgan fingerprint density at radius 3 is 2.13 bits per heavy atom. The second-order valence-corrected chi connectivity index (χ2v) is 5.38. The van der Waals surface area contributed by atoms with E-state index < -0.39 is 0 Å². The number of nitrogens with zero attached hydrogens (tertiary/aromatic N) is 1. The van der Waals surface area contributed by atoms with Gasteiger partial charge in [0.1, 0.15) is 11.6 Å². The molecule has 0 spiro atoms. The summed E-state index contributed by atoms with van der Waals surface area (Å²) in [6.07, 6.45) is 1.56. The first-order valence-corrected chi connectivity index (χ1v) is 7.23. The first-order chi connectivity index (χ1) is 11.2. The molecule has 3 aromatic carbocycles. The number of phenolic OH excluding ortho intramolecular Hbond substituents is 1. The Bertz CT molecular complexity index is 973. The first-order valence-electron chi connectivity index (χ1n) is 7.23. The number of halogens is 1. The van der Waals surface area contributed by atoms with Crippen LogP contribution in [0.25, 0.3) is 33.3 Å². The second-order valence-electron chi connectivity index (χ2n) is 5.38. The Balaban J connectivity index is 1.74. The molecule has 0 radical (unpaired) electrons. The molecule has 0 fully saturated rings. The molecule has 0 unspecified atom stereocenters. The van der Waals surface area contributed by atoms with E-state index in [1.165, 1.54) is 6.07 Å². The molecule has 0 saturated heterocycles. The zero-order valence-corrected chi connectivity index (χ0v) is 12.1. The van der Waals surface area contributed by atoms with Crippen LogP contribution in [0, 0.1) is 5.82 Å². The largest absolute Gasteiger partial charge is 0.508 e. The molecule has 0 amide bonds. The highest BCUT2D eigenvalue weighted by molar-refractivity contribution is 5.82. The smallest absolute Gasteiger partial charge is 0.133 e. The van der Waals surface area contributed by atoms with E-state index in [2.05, 4.69) is 9.97 Å². The summed E-state index contributed by atoms with van der Waals surface area (Å²) in [5.41, 5.74) is 4.76. The molecule has 0 atom stereocenters. The molecule has 0 aliphatic carbocycles. The summed E-state index contributed by atoms with van der Waals surface area (Å²) < 4.78 is 14.3. The van der Waals surface area contributed by atoms with Crippen molar-refractivity contribution in [3.63, 3.8) is 0 Å². The minimum Gasteiger partial charge on any atom is -0.508 e. The van der Waals surface area contributed by atoms with Crippen LogP contribution in [0.3, 0.4) is 0 Å². The van der Waals surface area contributed by atoms with Crippen LogP contribution in [0.15, 0.2) is 67.0 Å². The first kappa shape index (κ1) is 13.5. The number of aromatic hydroxyl groups is 1. The molecule has 0 aliphatic heterocycles. The Labute approximate surface area is 132 Å². The molecular formula is C19H13FN2O. The number of fused-ring (bicyclic) bond motifs is 1. The zero-order chi connectivity index (χ0) is 15.8. The lowest BCUT2D eigenvalue weighted by Gasteiger charge is -2.06. The van der Waals surface area contributed by atoms with Gasteiger partial charge in [-0.3, -0.25) is 0 Å². The van der Waals surface area contributed by atoms with Crippen LogP contribution >= 0.6 is 0 Å². The van der Waals surface area contributed by atoms with Crippen LogP contribution < -0.4 is 0 Å². The van der Waals surface area contributed by atoms with Crippen LogP contribution in [0.4, 0.5) is 4.39 Å². The van der Waals surface area contributed by atoms with Gasteiger partial charge in [0.05, 0.1) is 17.4 Å². The maximum absolute atomic E-state index is 14.3. The molecule has 1 heterocycles. The Hall–Kier alpha value is -3.14. The van der Waals surface area contributed by atoms with E-state index in [4.69, 9.17) is 0 Å². The SMILES string of the molecule is Oc1ccc(-c2ccc(-c3cc4nc[nH]c4cc3F)cc2)cc1. The quantitative estimate of drug-likeness (QED) is 0.562. The van der Waals surface area contributed by atoms with Gasteiger partial charge in [0.15, 0.2) is 0 Å². The van der Waals surface area contributed by atoms with Gasteiger partial charge in [-0.15, -0.1) is 0 Å². The van der Waals surface area contributed by atoms with E-state index in [9.17, 15) is 9.50 Å². The van der Waals surface area contributed by atoms with Crippen LogP contribution in [-0.4, -0.2) is 15.1 Å². The summed E-state index contributed by atoms with van der Waals surface area (Å²) in [5.74, 6) is -0.0427. The molecule has 1 aromatic heterocycles. The lowest BCUT2D eigenvalue weighted by molar-refractivity contribution is 0.475. The van der Waals surface area contributed by atoms with Gasteiger partial charge in [0.25, 0.3) is 0 Å². The summed E-state index contributed by atoms with van der Waals surface area (Å²) in [6.45, 7) is 0. The number of hydrogen-bond acceptors (Lipinski definition) is 2. The number of imidazole rings is 1. The molecule has 0 saturated carbocycles. The molecule has 23 heavy (non-hydrogen) atoms. The average Bonchev–Trinajstić information content (AvgIpc) is 3.02. The highest BCUT2D eigenvalue weighted by atomic mass is 19.1. The second kappa shape index (κ2) is 5.25. The number of hydrogen-bond donors (Lipinski definition) is 2. The molecule has 4 aromatic rings. The summed E-state index contributed by atoms with van der Waals surface area (Å²) in [7, 11) is 0. The zero-order valence-electron chi connectivity index (χ0n) is 12.1. The summed E-state index contributed by atoms with van der Waals surface area (Å²) in [4.78, 5) is 7.08. The van der Waals surface area contributed by atoms with Crippen molar-refractivity contribution in [1.29, 1.82) is 0 Å². The summed E-state index contributed by atoms with van der Waals surface area (Å²) >= 11 is 0. The molecular weight excluding hydrogens is 291 g/mol. The van der Waals surface area contributed by atoms with Crippen molar-refractivity contribution >= 4 is 11.0 Å². The van der Waals surface area contributed by atoms with Crippen LogP contribution in [0.5, 0.6) is 5.75 Å². The molecule has 4 rings (SSSR count). The van der Waals surface area contributed by atoms with Crippen molar-refractivity contribution < 1.29 is 9.50 Å². The topological polar surface area (TPSA) is 48.9 Å². The van der Waals surface area contributed by atoms with Gasteiger partial charge in [-0.1, -0.05) is 36.4 Å². The fourth-order valence-electron chi connectivity index (χ4n) is 2.67. The van der Waals surface area contributed by atoms with Crippen molar-refractivity contribution in [1.82, 2.24) is 9.97 Å². The number of benzene rings is 3. The fraction of sp³-hybridized carbons (Fsp3) is 0. The minimum atomic E-state index is -0.279. The van der Waals surface area contributed by atoms with Crippen molar-refractivity contribution in [3.8, 4) is 28.0 Å². The summed E-state index contributed by atoms with van der Waals surface area (Å²) in [6, 6.07) is 17.9. The van der Waals surface area contributed by atoms with Crippen molar-refractivity contribution in [3.05, 3.63) is 72.8 Å². The van der Waals surface area contributed by atoms with E-state index >= 15 is 0 Å². The van der Waals surface area contributed by atoms with E-state index in [0.29, 0.717) is 11.1 Å². The lowest BCUT2D eigenvalue weighted by Crippen LogP contribution is -1.86. The van der Waals surface area contributed by atoms with Gasteiger partial charge in [-0.05, 0) is 34.9 Å². The van der Waals surface area contributed by atoms with Gasteiger partial charge >= 0.3 is 0 Å². The van der Waals surface area contributed by atoms with Gasteiger partial charge in [-0.2, -0.15) is 0 Å². The third kappa shape index (κ3) is 2.44. The Morgan fingerprint density at radius 2 is 1.43 bits per heavy atom. The standard InChI is InChI=1S/C19H13FN2O/c20-17-10-19-18(21-11-22-19)9-16(17)14-3-1-12(2-4-14)13-5-7-15(23)8-6-13/h1-11,23H,(H,21,22). The maximum atomic E-state index is 14.3. The normalized spacial score (nSPS) is 11.0. The highest BCUT2D eigenvalue weighted by Gasteiger charge is 2.09. The van der Waals surface area contributed by atoms with Gasteiger partial charge in [0.2, 0.25) is 0 Å². The Kier molecular flexibility index (Phi) is 3.08. The third-order valence-corrected chi connectivity index (χ3v) is 3.91. The third-order valence-electron chi connectivity index (χ3n) is 3.91. The molecule has 112 valence electrons.